The van der Waals surface area contributed by atoms with Gasteiger partial charge in [-0.05, 0) is 24.6 Å². The van der Waals surface area contributed by atoms with Crippen molar-refractivity contribution in [2.24, 2.45) is 0 Å². The van der Waals surface area contributed by atoms with E-state index in [1.807, 2.05) is 30.3 Å². The lowest BCUT2D eigenvalue weighted by molar-refractivity contribution is 0.0592. The number of pyridine rings is 1. The Hall–Kier alpha value is -3.35. The zero-order valence-electron chi connectivity index (χ0n) is 13.9. The minimum atomic E-state index is -0.600. The lowest BCUT2D eigenvalue weighted by Gasteiger charge is -2.08. The number of methoxy groups -OCH3 is 1. The first kappa shape index (κ1) is 16.5. The number of fused-ring (bicyclic) bond motifs is 1. The van der Waals surface area contributed by atoms with Crippen LogP contribution >= 0.6 is 0 Å². The summed E-state index contributed by atoms with van der Waals surface area (Å²) in [6.07, 6.45) is 1.08. The van der Waals surface area contributed by atoms with Crippen LogP contribution in [0.2, 0.25) is 0 Å². The molecule has 0 aliphatic carbocycles. The number of carbonyl (C=O) groups excluding carboxylic acids is 2. The maximum absolute atomic E-state index is 12.0. The molecule has 1 amide bonds. The number of hydrogen-bond acceptors (Lipinski definition) is 5. The molecule has 1 N–H and O–H groups in total. The van der Waals surface area contributed by atoms with E-state index in [1.54, 1.807) is 29.7 Å². The van der Waals surface area contributed by atoms with Crippen LogP contribution in [0.1, 0.15) is 21.7 Å². The SMILES string of the molecule is COC(=O)c1c(C)nc2c(NC(=O)OCc3ccccc3)cccn12. The zero-order valence-corrected chi connectivity index (χ0v) is 13.9. The number of ether oxygens (including phenoxy) is 2. The number of hydrogen-bond donors (Lipinski definition) is 1. The Balaban J connectivity index is 1.79. The molecule has 7 heteroatoms. The summed E-state index contributed by atoms with van der Waals surface area (Å²) < 4.78 is 11.6. The number of rotatable bonds is 4. The number of anilines is 1. The van der Waals surface area contributed by atoms with Crippen LogP contribution in [0.15, 0.2) is 48.7 Å². The first-order valence-corrected chi connectivity index (χ1v) is 7.64. The number of amides is 1. The van der Waals surface area contributed by atoms with Crippen molar-refractivity contribution in [3.8, 4) is 0 Å². The molecule has 0 saturated heterocycles. The lowest BCUT2D eigenvalue weighted by Crippen LogP contribution is -2.14. The number of aromatic nitrogens is 2. The molecule has 0 spiro atoms. The van der Waals surface area contributed by atoms with Gasteiger partial charge in [0.2, 0.25) is 0 Å². The Morgan fingerprint density at radius 1 is 1.16 bits per heavy atom. The summed E-state index contributed by atoms with van der Waals surface area (Å²) in [6.45, 7) is 1.87. The van der Waals surface area contributed by atoms with Gasteiger partial charge in [0.1, 0.15) is 6.61 Å². The van der Waals surface area contributed by atoms with E-state index in [1.165, 1.54) is 7.11 Å². The maximum atomic E-state index is 12.0. The molecule has 3 aromatic rings. The summed E-state index contributed by atoms with van der Waals surface area (Å²) in [5.41, 5.74) is 2.61. The Kier molecular flexibility index (Phi) is 4.65. The van der Waals surface area contributed by atoms with Gasteiger partial charge in [0.05, 0.1) is 18.5 Å². The lowest BCUT2D eigenvalue weighted by atomic mass is 10.2. The third-order valence-electron chi connectivity index (χ3n) is 3.65. The normalized spacial score (nSPS) is 10.5. The summed E-state index contributed by atoms with van der Waals surface area (Å²) in [6, 6.07) is 12.8. The average molecular weight is 339 g/mol. The molecule has 0 aliphatic rings. The van der Waals surface area contributed by atoms with Crippen LogP contribution in [0.25, 0.3) is 5.65 Å². The van der Waals surface area contributed by atoms with Crippen LogP contribution < -0.4 is 5.32 Å². The van der Waals surface area contributed by atoms with E-state index in [0.29, 0.717) is 22.7 Å². The van der Waals surface area contributed by atoms with Gasteiger partial charge in [-0.3, -0.25) is 9.72 Å². The van der Waals surface area contributed by atoms with E-state index in [-0.39, 0.29) is 6.61 Å². The Morgan fingerprint density at radius 3 is 2.64 bits per heavy atom. The number of benzene rings is 1. The van der Waals surface area contributed by atoms with Crippen molar-refractivity contribution in [2.75, 3.05) is 12.4 Å². The number of carbonyl (C=O) groups is 2. The fourth-order valence-corrected chi connectivity index (χ4v) is 2.49. The highest BCUT2D eigenvalue weighted by molar-refractivity contribution is 5.93. The van der Waals surface area contributed by atoms with Crippen LogP contribution in [0.5, 0.6) is 0 Å². The highest BCUT2D eigenvalue weighted by Gasteiger charge is 2.19. The van der Waals surface area contributed by atoms with Gasteiger partial charge in [0.15, 0.2) is 11.3 Å². The first-order chi connectivity index (χ1) is 12.1. The van der Waals surface area contributed by atoms with Gasteiger partial charge in [0.25, 0.3) is 0 Å². The molecule has 0 atom stereocenters. The molecular weight excluding hydrogens is 322 g/mol. The molecule has 0 fully saturated rings. The first-order valence-electron chi connectivity index (χ1n) is 7.64. The second kappa shape index (κ2) is 7.04. The predicted octanol–water partition coefficient (Wildman–Crippen LogP) is 3.18. The summed E-state index contributed by atoms with van der Waals surface area (Å²) in [4.78, 5) is 28.3. The van der Waals surface area contributed by atoms with Crippen LogP contribution in [0.4, 0.5) is 10.5 Å². The van der Waals surface area contributed by atoms with Gasteiger partial charge in [-0.2, -0.15) is 0 Å². The Labute approximate surface area is 144 Å². The fourth-order valence-electron chi connectivity index (χ4n) is 2.49. The molecule has 3 rings (SSSR count). The fraction of sp³-hybridized carbons (Fsp3) is 0.167. The van der Waals surface area contributed by atoms with Gasteiger partial charge in [-0.25, -0.2) is 14.6 Å². The summed E-state index contributed by atoms with van der Waals surface area (Å²) in [7, 11) is 1.31. The van der Waals surface area contributed by atoms with Gasteiger partial charge in [-0.15, -0.1) is 0 Å². The van der Waals surface area contributed by atoms with E-state index in [9.17, 15) is 9.59 Å². The molecule has 1 aromatic carbocycles. The van der Waals surface area contributed by atoms with Crippen molar-refractivity contribution in [3.05, 3.63) is 65.6 Å². The van der Waals surface area contributed by atoms with E-state index in [2.05, 4.69) is 10.3 Å². The second-order valence-electron chi connectivity index (χ2n) is 5.34. The van der Waals surface area contributed by atoms with Gasteiger partial charge < -0.3 is 9.47 Å². The van der Waals surface area contributed by atoms with Crippen LogP contribution in [-0.2, 0) is 16.1 Å². The van der Waals surface area contributed by atoms with Gasteiger partial charge in [-0.1, -0.05) is 30.3 Å². The largest absolute Gasteiger partial charge is 0.464 e. The van der Waals surface area contributed by atoms with Crippen LogP contribution in [0, 0.1) is 6.92 Å². The quantitative estimate of drug-likeness (QED) is 0.738. The third kappa shape index (κ3) is 3.45. The number of nitrogens with one attached hydrogen (secondary N) is 1. The number of esters is 1. The molecule has 7 nitrogen and oxygen atoms in total. The molecule has 0 aliphatic heterocycles. The molecule has 128 valence electrons. The molecule has 0 bridgehead atoms. The van der Waals surface area contributed by atoms with Crippen molar-refractivity contribution >= 4 is 23.4 Å². The van der Waals surface area contributed by atoms with E-state index >= 15 is 0 Å². The number of nitrogens with zero attached hydrogens (tertiary/aromatic N) is 2. The Morgan fingerprint density at radius 2 is 1.92 bits per heavy atom. The number of aryl methyl sites for hydroxylation is 1. The van der Waals surface area contributed by atoms with E-state index < -0.39 is 12.1 Å². The second-order valence-corrected chi connectivity index (χ2v) is 5.34. The van der Waals surface area contributed by atoms with Crippen molar-refractivity contribution in [1.29, 1.82) is 0 Å². The van der Waals surface area contributed by atoms with Gasteiger partial charge >= 0.3 is 12.1 Å². The third-order valence-corrected chi connectivity index (χ3v) is 3.65. The minimum absolute atomic E-state index is 0.163. The molecule has 0 saturated carbocycles. The molecule has 2 aromatic heterocycles. The highest BCUT2D eigenvalue weighted by atomic mass is 16.5. The van der Waals surface area contributed by atoms with E-state index in [0.717, 1.165) is 5.56 Å². The molecule has 0 radical (unpaired) electrons. The predicted molar refractivity (Wildman–Crippen MR) is 91.5 cm³/mol. The molecule has 25 heavy (non-hydrogen) atoms. The van der Waals surface area contributed by atoms with Crippen molar-refractivity contribution in [2.45, 2.75) is 13.5 Å². The summed E-state index contributed by atoms with van der Waals surface area (Å²) in [5, 5.41) is 2.66. The topological polar surface area (TPSA) is 81.9 Å². The van der Waals surface area contributed by atoms with Crippen molar-refractivity contribution < 1.29 is 19.1 Å². The monoisotopic (exact) mass is 339 g/mol. The standard InChI is InChI=1S/C18H17N3O4/c1-12-15(17(22)24-2)21-10-6-9-14(16(21)19-12)20-18(23)25-11-13-7-4-3-5-8-13/h3-10H,11H2,1-2H3,(H,20,23). The van der Waals surface area contributed by atoms with Crippen molar-refractivity contribution in [1.82, 2.24) is 9.38 Å². The zero-order chi connectivity index (χ0) is 17.8. The molecule has 0 unspecified atom stereocenters. The minimum Gasteiger partial charge on any atom is -0.464 e. The molecular formula is C18H17N3O4. The van der Waals surface area contributed by atoms with Crippen LogP contribution in [0.3, 0.4) is 0 Å². The summed E-state index contributed by atoms with van der Waals surface area (Å²) >= 11 is 0. The smallest absolute Gasteiger partial charge is 0.412 e. The maximum Gasteiger partial charge on any atom is 0.412 e. The summed E-state index contributed by atoms with van der Waals surface area (Å²) in [5.74, 6) is -0.492. The van der Waals surface area contributed by atoms with Crippen molar-refractivity contribution in [3.63, 3.8) is 0 Å². The van der Waals surface area contributed by atoms with E-state index in [4.69, 9.17) is 9.47 Å². The van der Waals surface area contributed by atoms with Crippen LogP contribution in [-0.4, -0.2) is 28.6 Å². The number of imidazole rings is 1. The molecule has 2 heterocycles. The Bertz CT molecular complexity index is 919. The highest BCUT2D eigenvalue weighted by Crippen LogP contribution is 2.20. The van der Waals surface area contributed by atoms with Gasteiger partial charge in [0, 0.05) is 6.20 Å². The average Bonchev–Trinajstić information content (AvgIpc) is 2.97.